The first-order valence-electron chi connectivity index (χ1n) is 3.75. The summed E-state index contributed by atoms with van der Waals surface area (Å²) in [7, 11) is 0. The molecule has 0 saturated carbocycles. The summed E-state index contributed by atoms with van der Waals surface area (Å²) in [6, 6.07) is 0. The Morgan fingerprint density at radius 2 is 1.36 bits per heavy atom. The van der Waals surface area contributed by atoms with E-state index in [1.54, 1.807) is 0 Å². The van der Waals surface area contributed by atoms with Crippen molar-refractivity contribution in [2.24, 2.45) is 0 Å². The highest BCUT2D eigenvalue weighted by atomic mass is 35.5. The summed E-state index contributed by atoms with van der Waals surface area (Å²) in [4.78, 5) is 0. The largest absolute Gasteiger partial charge is 0.159 e. The molecule has 1 heterocycles. The van der Waals surface area contributed by atoms with E-state index in [2.05, 4.69) is 10.2 Å². The molecule has 0 fully saturated rings. The Bertz CT molecular complexity index is 212. The van der Waals surface area contributed by atoms with Crippen LogP contribution in [-0.2, 0) is 12.8 Å². The van der Waals surface area contributed by atoms with Crippen molar-refractivity contribution < 1.29 is 0 Å². The monoisotopic (exact) mass is 170 g/mol. The Labute approximate surface area is 72.4 Å². The van der Waals surface area contributed by atoms with Crippen LogP contribution in [0.15, 0.2) is 12.4 Å². The quantitative estimate of drug-likeness (QED) is 0.593. The third-order valence-electron chi connectivity index (χ3n) is 2.05. The number of rotatable bonds is 0. The molecule has 1 aliphatic rings. The minimum Gasteiger partial charge on any atom is -0.159 e. The fourth-order valence-corrected chi connectivity index (χ4v) is 1.45. The summed E-state index contributed by atoms with van der Waals surface area (Å²) >= 11 is 0. The SMILES string of the molecule is Cl.c1nncc2c1CCCC2. The highest BCUT2D eigenvalue weighted by Gasteiger charge is 2.07. The lowest BCUT2D eigenvalue weighted by molar-refractivity contribution is 0.674. The molecular weight excluding hydrogens is 160 g/mol. The zero-order valence-electron chi connectivity index (χ0n) is 6.29. The molecule has 1 aromatic heterocycles. The van der Waals surface area contributed by atoms with Crippen LogP contribution in [0.3, 0.4) is 0 Å². The predicted molar refractivity (Wildman–Crippen MR) is 45.9 cm³/mol. The standard InChI is InChI=1S/C8H10N2.ClH/c1-2-4-8-6-10-9-5-7(8)3-1;/h5-6H,1-4H2;1H. The predicted octanol–water partition coefficient (Wildman–Crippen LogP) is 1.78. The molecule has 0 N–H and O–H groups in total. The maximum Gasteiger partial charge on any atom is 0.0530 e. The first kappa shape index (κ1) is 8.47. The molecule has 0 atom stereocenters. The van der Waals surface area contributed by atoms with Gasteiger partial charge in [-0.15, -0.1) is 12.4 Å². The fraction of sp³-hybridized carbons (Fsp3) is 0.500. The van der Waals surface area contributed by atoms with Gasteiger partial charge >= 0.3 is 0 Å². The highest BCUT2D eigenvalue weighted by Crippen LogP contribution is 2.17. The smallest absolute Gasteiger partial charge is 0.0530 e. The number of aromatic nitrogens is 2. The van der Waals surface area contributed by atoms with E-state index < -0.39 is 0 Å². The van der Waals surface area contributed by atoms with E-state index in [4.69, 9.17) is 0 Å². The van der Waals surface area contributed by atoms with E-state index in [-0.39, 0.29) is 12.4 Å². The molecule has 1 aliphatic carbocycles. The van der Waals surface area contributed by atoms with Gasteiger partial charge in [-0.1, -0.05) is 0 Å². The van der Waals surface area contributed by atoms with Crippen LogP contribution in [0.2, 0.25) is 0 Å². The van der Waals surface area contributed by atoms with Gasteiger partial charge in [0.2, 0.25) is 0 Å². The molecule has 0 unspecified atom stereocenters. The summed E-state index contributed by atoms with van der Waals surface area (Å²) in [5, 5.41) is 7.70. The fourth-order valence-electron chi connectivity index (χ4n) is 1.45. The molecular formula is C8H11ClN2. The minimum atomic E-state index is 0. The molecule has 0 aromatic carbocycles. The Balaban J connectivity index is 0.000000605. The van der Waals surface area contributed by atoms with Crippen LogP contribution >= 0.6 is 12.4 Å². The van der Waals surface area contributed by atoms with Crippen molar-refractivity contribution in [1.29, 1.82) is 0 Å². The second kappa shape index (κ2) is 3.67. The number of halogens is 1. The van der Waals surface area contributed by atoms with E-state index in [1.807, 2.05) is 12.4 Å². The molecule has 2 nitrogen and oxygen atoms in total. The van der Waals surface area contributed by atoms with Gasteiger partial charge in [-0.3, -0.25) is 0 Å². The van der Waals surface area contributed by atoms with Gasteiger partial charge in [0.25, 0.3) is 0 Å². The van der Waals surface area contributed by atoms with Crippen molar-refractivity contribution in [2.75, 3.05) is 0 Å². The Morgan fingerprint density at radius 3 is 1.82 bits per heavy atom. The summed E-state index contributed by atoms with van der Waals surface area (Å²) < 4.78 is 0. The van der Waals surface area contributed by atoms with Crippen LogP contribution in [0.1, 0.15) is 24.0 Å². The summed E-state index contributed by atoms with van der Waals surface area (Å²) in [6.07, 6.45) is 8.83. The first-order valence-corrected chi connectivity index (χ1v) is 3.75. The Hall–Kier alpha value is -0.630. The van der Waals surface area contributed by atoms with Gasteiger partial charge in [0.1, 0.15) is 0 Å². The topological polar surface area (TPSA) is 25.8 Å². The lowest BCUT2D eigenvalue weighted by atomic mass is 9.95. The molecule has 0 spiro atoms. The van der Waals surface area contributed by atoms with Crippen LogP contribution in [0.4, 0.5) is 0 Å². The normalized spacial score (nSPS) is 14.9. The number of fused-ring (bicyclic) bond motifs is 1. The van der Waals surface area contributed by atoms with E-state index in [0.717, 1.165) is 0 Å². The second-order valence-corrected chi connectivity index (χ2v) is 2.75. The van der Waals surface area contributed by atoms with E-state index in [0.29, 0.717) is 0 Å². The van der Waals surface area contributed by atoms with Crippen LogP contribution < -0.4 is 0 Å². The van der Waals surface area contributed by atoms with Gasteiger partial charge in [0.15, 0.2) is 0 Å². The van der Waals surface area contributed by atoms with Gasteiger partial charge in [0, 0.05) is 0 Å². The zero-order valence-corrected chi connectivity index (χ0v) is 7.10. The zero-order chi connectivity index (χ0) is 6.81. The van der Waals surface area contributed by atoms with Crippen molar-refractivity contribution in [3.05, 3.63) is 23.5 Å². The lowest BCUT2D eigenvalue weighted by Gasteiger charge is -2.12. The molecule has 0 radical (unpaired) electrons. The van der Waals surface area contributed by atoms with Crippen molar-refractivity contribution in [1.82, 2.24) is 10.2 Å². The number of nitrogens with zero attached hydrogens (tertiary/aromatic N) is 2. The van der Waals surface area contributed by atoms with Crippen molar-refractivity contribution in [2.45, 2.75) is 25.7 Å². The minimum absolute atomic E-state index is 0. The first-order chi connectivity index (χ1) is 4.97. The molecule has 0 aliphatic heterocycles. The van der Waals surface area contributed by atoms with Gasteiger partial charge in [-0.2, -0.15) is 10.2 Å². The van der Waals surface area contributed by atoms with Crippen LogP contribution in [-0.4, -0.2) is 10.2 Å². The van der Waals surface area contributed by atoms with Crippen molar-refractivity contribution >= 4 is 12.4 Å². The third-order valence-corrected chi connectivity index (χ3v) is 2.05. The second-order valence-electron chi connectivity index (χ2n) is 2.75. The molecule has 0 saturated heterocycles. The maximum absolute atomic E-state index is 3.85. The van der Waals surface area contributed by atoms with Crippen LogP contribution in [0.5, 0.6) is 0 Å². The van der Waals surface area contributed by atoms with Gasteiger partial charge in [-0.25, -0.2) is 0 Å². The average molecular weight is 171 g/mol. The molecule has 3 heteroatoms. The number of aryl methyl sites for hydroxylation is 2. The summed E-state index contributed by atoms with van der Waals surface area (Å²) in [5.41, 5.74) is 2.81. The van der Waals surface area contributed by atoms with E-state index in [1.165, 1.54) is 36.8 Å². The lowest BCUT2D eigenvalue weighted by Crippen LogP contribution is -2.03. The van der Waals surface area contributed by atoms with Gasteiger partial charge in [0.05, 0.1) is 12.4 Å². The molecule has 60 valence electrons. The summed E-state index contributed by atoms with van der Waals surface area (Å²) in [6.45, 7) is 0. The molecule has 0 amide bonds. The van der Waals surface area contributed by atoms with Crippen molar-refractivity contribution in [3.8, 4) is 0 Å². The molecule has 11 heavy (non-hydrogen) atoms. The van der Waals surface area contributed by atoms with Gasteiger partial charge < -0.3 is 0 Å². The third kappa shape index (κ3) is 1.69. The summed E-state index contributed by atoms with van der Waals surface area (Å²) in [5.74, 6) is 0. The number of hydrogen-bond donors (Lipinski definition) is 0. The van der Waals surface area contributed by atoms with E-state index >= 15 is 0 Å². The van der Waals surface area contributed by atoms with Gasteiger partial charge in [-0.05, 0) is 36.8 Å². The van der Waals surface area contributed by atoms with Crippen LogP contribution in [0, 0.1) is 0 Å². The molecule has 1 aromatic rings. The maximum atomic E-state index is 3.85. The Kier molecular flexibility index (Phi) is 2.83. The molecule has 2 rings (SSSR count). The average Bonchev–Trinajstić information content (AvgIpc) is 2.05. The molecule has 0 bridgehead atoms. The van der Waals surface area contributed by atoms with E-state index in [9.17, 15) is 0 Å². The Morgan fingerprint density at radius 1 is 0.909 bits per heavy atom. The highest BCUT2D eigenvalue weighted by molar-refractivity contribution is 5.85. The van der Waals surface area contributed by atoms with Crippen molar-refractivity contribution in [3.63, 3.8) is 0 Å². The van der Waals surface area contributed by atoms with Crippen LogP contribution in [0.25, 0.3) is 0 Å². The number of hydrogen-bond acceptors (Lipinski definition) is 2.